The minimum Gasteiger partial charge on any atom is -0.387 e. The number of carbonyl (C=O) groups is 1. The minimum absolute atomic E-state index is 0.0651. The van der Waals surface area contributed by atoms with Crippen LogP contribution in [0.3, 0.4) is 0 Å². The maximum absolute atomic E-state index is 11.8. The topological polar surface area (TPSA) is 52.6 Å². The number of hydrogen-bond donors (Lipinski definition) is 2. The SMILES string of the molecule is O=C(NCC(O)c1ccccc1)N1CCCCC1. The van der Waals surface area contributed by atoms with Crippen molar-refractivity contribution in [1.82, 2.24) is 10.2 Å². The molecule has 1 saturated heterocycles. The summed E-state index contributed by atoms with van der Waals surface area (Å²) in [7, 11) is 0. The molecule has 1 unspecified atom stereocenters. The first-order valence-corrected chi connectivity index (χ1v) is 6.53. The highest BCUT2D eigenvalue weighted by atomic mass is 16.3. The van der Waals surface area contributed by atoms with Crippen LogP contribution in [0.2, 0.25) is 0 Å². The Kier molecular flexibility index (Phi) is 4.59. The molecule has 2 amide bonds. The van der Waals surface area contributed by atoms with Gasteiger partial charge in [0, 0.05) is 19.6 Å². The summed E-state index contributed by atoms with van der Waals surface area (Å²) in [6.45, 7) is 1.92. The molecule has 0 radical (unpaired) electrons. The molecule has 98 valence electrons. The molecule has 0 aliphatic carbocycles. The fraction of sp³-hybridized carbons (Fsp3) is 0.500. The summed E-state index contributed by atoms with van der Waals surface area (Å²) in [5.41, 5.74) is 0.830. The molecule has 1 atom stereocenters. The highest BCUT2D eigenvalue weighted by molar-refractivity contribution is 5.74. The highest BCUT2D eigenvalue weighted by Gasteiger charge is 2.17. The number of nitrogens with one attached hydrogen (secondary N) is 1. The molecule has 1 aromatic carbocycles. The van der Waals surface area contributed by atoms with Crippen LogP contribution in [0, 0.1) is 0 Å². The van der Waals surface area contributed by atoms with Crippen LogP contribution < -0.4 is 5.32 Å². The fourth-order valence-corrected chi connectivity index (χ4v) is 2.19. The zero-order chi connectivity index (χ0) is 12.8. The second-order valence-corrected chi connectivity index (χ2v) is 4.66. The van der Waals surface area contributed by atoms with Crippen molar-refractivity contribution in [2.24, 2.45) is 0 Å². The number of carbonyl (C=O) groups excluding carboxylic acids is 1. The standard InChI is InChI=1S/C14H20N2O2/c17-13(12-7-3-1-4-8-12)11-15-14(18)16-9-5-2-6-10-16/h1,3-4,7-8,13,17H,2,5-6,9-11H2,(H,15,18). The van der Waals surface area contributed by atoms with Crippen molar-refractivity contribution in [3.63, 3.8) is 0 Å². The van der Waals surface area contributed by atoms with Crippen molar-refractivity contribution < 1.29 is 9.90 Å². The lowest BCUT2D eigenvalue weighted by molar-refractivity contribution is 0.157. The number of hydrogen-bond acceptors (Lipinski definition) is 2. The van der Waals surface area contributed by atoms with Crippen LogP contribution in [0.1, 0.15) is 30.9 Å². The summed E-state index contributed by atoms with van der Waals surface area (Å²) < 4.78 is 0. The molecule has 1 aromatic rings. The number of aliphatic hydroxyl groups is 1. The van der Waals surface area contributed by atoms with Crippen molar-refractivity contribution in [2.75, 3.05) is 19.6 Å². The molecule has 2 rings (SSSR count). The second kappa shape index (κ2) is 6.40. The molecular weight excluding hydrogens is 228 g/mol. The van der Waals surface area contributed by atoms with Crippen molar-refractivity contribution in [1.29, 1.82) is 0 Å². The lowest BCUT2D eigenvalue weighted by atomic mass is 10.1. The highest BCUT2D eigenvalue weighted by Crippen LogP contribution is 2.12. The second-order valence-electron chi connectivity index (χ2n) is 4.66. The van der Waals surface area contributed by atoms with Gasteiger partial charge in [0.25, 0.3) is 0 Å². The molecule has 1 fully saturated rings. The van der Waals surface area contributed by atoms with Gasteiger partial charge in [0.05, 0.1) is 6.10 Å². The van der Waals surface area contributed by atoms with Gasteiger partial charge in [-0.15, -0.1) is 0 Å². The van der Waals surface area contributed by atoms with Crippen LogP contribution in [0.25, 0.3) is 0 Å². The van der Waals surface area contributed by atoms with E-state index in [1.807, 2.05) is 35.2 Å². The maximum atomic E-state index is 11.8. The molecule has 2 N–H and O–H groups in total. The molecule has 0 aromatic heterocycles. The van der Waals surface area contributed by atoms with Gasteiger partial charge in [0.15, 0.2) is 0 Å². The number of likely N-dealkylation sites (tertiary alicyclic amines) is 1. The first kappa shape index (κ1) is 12.9. The van der Waals surface area contributed by atoms with Gasteiger partial charge in [-0.05, 0) is 24.8 Å². The maximum Gasteiger partial charge on any atom is 0.317 e. The smallest absolute Gasteiger partial charge is 0.317 e. The molecule has 1 heterocycles. The third-order valence-electron chi connectivity index (χ3n) is 3.27. The van der Waals surface area contributed by atoms with Gasteiger partial charge in [-0.3, -0.25) is 0 Å². The largest absolute Gasteiger partial charge is 0.387 e. The van der Waals surface area contributed by atoms with Gasteiger partial charge >= 0.3 is 6.03 Å². The van der Waals surface area contributed by atoms with Crippen molar-refractivity contribution in [2.45, 2.75) is 25.4 Å². The number of piperidine rings is 1. The monoisotopic (exact) mass is 248 g/mol. The van der Waals surface area contributed by atoms with Gasteiger partial charge in [0.2, 0.25) is 0 Å². The Morgan fingerprint density at radius 3 is 2.56 bits per heavy atom. The number of urea groups is 1. The van der Waals surface area contributed by atoms with E-state index in [0.717, 1.165) is 31.5 Å². The normalized spacial score (nSPS) is 17.3. The van der Waals surface area contributed by atoms with Crippen molar-refractivity contribution in [3.05, 3.63) is 35.9 Å². The van der Waals surface area contributed by atoms with Gasteiger partial charge < -0.3 is 15.3 Å². The zero-order valence-corrected chi connectivity index (χ0v) is 10.5. The van der Waals surface area contributed by atoms with Crippen LogP contribution in [0.4, 0.5) is 4.79 Å². The van der Waals surface area contributed by atoms with E-state index in [4.69, 9.17) is 0 Å². The predicted octanol–water partition coefficient (Wildman–Crippen LogP) is 1.92. The third-order valence-corrected chi connectivity index (χ3v) is 3.27. The number of rotatable bonds is 3. The number of benzene rings is 1. The van der Waals surface area contributed by atoms with Crippen LogP contribution in [-0.4, -0.2) is 35.7 Å². The van der Waals surface area contributed by atoms with Crippen LogP contribution in [0.5, 0.6) is 0 Å². The Labute approximate surface area is 108 Å². The Hall–Kier alpha value is -1.55. The first-order chi connectivity index (χ1) is 8.77. The molecular formula is C14H20N2O2. The van der Waals surface area contributed by atoms with Crippen molar-refractivity contribution in [3.8, 4) is 0 Å². The van der Waals surface area contributed by atoms with Gasteiger partial charge in [-0.1, -0.05) is 30.3 Å². The van der Waals surface area contributed by atoms with Gasteiger partial charge in [0.1, 0.15) is 0 Å². The van der Waals surface area contributed by atoms with Crippen LogP contribution in [0.15, 0.2) is 30.3 Å². The van der Waals surface area contributed by atoms with E-state index >= 15 is 0 Å². The van der Waals surface area contributed by atoms with E-state index in [1.54, 1.807) is 0 Å². The van der Waals surface area contributed by atoms with Gasteiger partial charge in [-0.2, -0.15) is 0 Å². The van der Waals surface area contributed by atoms with E-state index in [0.29, 0.717) is 0 Å². The molecule has 0 bridgehead atoms. The summed E-state index contributed by atoms with van der Waals surface area (Å²) >= 11 is 0. The first-order valence-electron chi connectivity index (χ1n) is 6.53. The molecule has 0 spiro atoms. The third kappa shape index (κ3) is 3.47. The summed E-state index contributed by atoms with van der Waals surface area (Å²) in [6.07, 6.45) is 2.72. The summed E-state index contributed by atoms with van der Waals surface area (Å²) in [4.78, 5) is 13.7. The lowest BCUT2D eigenvalue weighted by Gasteiger charge is -2.27. The molecule has 4 nitrogen and oxygen atoms in total. The number of nitrogens with zero attached hydrogens (tertiary/aromatic N) is 1. The summed E-state index contributed by atoms with van der Waals surface area (Å²) in [6, 6.07) is 9.32. The summed E-state index contributed by atoms with van der Waals surface area (Å²) in [5.74, 6) is 0. The molecule has 1 aliphatic rings. The summed E-state index contributed by atoms with van der Waals surface area (Å²) in [5, 5.41) is 12.7. The Morgan fingerprint density at radius 2 is 1.89 bits per heavy atom. The van der Waals surface area contributed by atoms with E-state index in [1.165, 1.54) is 6.42 Å². The average Bonchev–Trinajstić information content (AvgIpc) is 2.46. The van der Waals surface area contributed by atoms with Crippen molar-refractivity contribution >= 4 is 6.03 Å². The number of amides is 2. The van der Waals surface area contributed by atoms with E-state index < -0.39 is 6.10 Å². The Bertz CT molecular complexity index is 375. The number of aliphatic hydroxyl groups excluding tert-OH is 1. The Balaban J connectivity index is 1.78. The predicted molar refractivity (Wildman–Crippen MR) is 70.2 cm³/mol. The molecule has 4 heteroatoms. The average molecular weight is 248 g/mol. The van der Waals surface area contributed by atoms with E-state index in [9.17, 15) is 9.90 Å². The van der Waals surface area contributed by atoms with E-state index in [2.05, 4.69) is 5.32 Å². The quantitative estimate of drug-likeness (QED) is 0.858. The van der Waals surface area contributed by atoms with Crippen LogP contribution >= 0.6 is 0 Å². The van der Waals surface area contributed by atoms with Gasteiger partial charge in [-0.25, -0.2) is 4.79 Å². The molecule has 1 aliphatic heterocycles. The molecule has 0 saturated carbocycles. The zero-order valence-electron chi connectivity index (χ0n) is 10.5. The Morgan fingerprint density at radius 1 is 1.22 bits per heavy atom. The van der Waals surface area contributed by atoms with Crippen LogP contribution in [-0.2, 0) is 0 Å². The fourth-order valence-electron chi connectivity index (χ4n) is 2.19. The lowest BCUT2D eigenvalue weighted by Crippen LogP contribution is -2.44. The molecule has 18 heavy (non-hydrogen) atoms. The van der Waals surface area contributed by atoms with E-state index in [-0.39, 0.29) is 12.6 Å². The minimum atomic E-state index is -0.639.